The SMILES string of the molecule is CCC(=O)NCc1ccc2c(c1)N(C(=O)c1ccc(C)cc1)CC2. The Kier molecular flexibility index (Phi) is 4.65. The molecule has 0 bridgehead atoms. The molecular weight excluding hydrogens is 300 g/mol. The van der Waals surface area contributed by atoms with Crippen molar-refractivity contribution in [2.45, 2.75) is 33.2 Å². The van der Waals surface area contributed by atoms with E-state index in [9.17, 15) is 9.59 Å². The van der Waals surface area contributed by atoms with Crippen LogP contribution >= 0.6 is 0 Å². The summed E-state index contributed by atoms with van der Waals surface area (Å²) in [5.74, 6) is 0.0616. The molecule has 0 radical (unpaired) electrons. The Morgan fingerprint density at radius 2 is 1.88 bits per heavy atom. The lowest BCUT2D eigenvalue weighted by Gasteiger charge is -2.18. The number of amides is 2. The molecule has 0 unspecified atom stereocenters. The molecule has 4 nitrogen and oxygen atoms in total. The molecule has 0 spiro atoms. The van der Waals surface area contributed by atoms with Crippen LogP contribution in [0.4, 0.5) is 5.69 Å². The number of aryl methyl sites for hydroxylation is 1. The summed E-state index contributed by atoms with van der Waals surface area (Å²) in [6.45, 7) is 5.04. The minimum absolute atomic E-state index is 0.0306. The van der Waals surface area contributed by atoms with Crippen LogP contribution in [0.3, 0.4) is 0 Å². The minimum atomic E-state index is 0.0306. The van der Waals surface area contributed by atoms with Crippen molar-refractivity contribution in [3.63, 3.8) is 0 Å². The zero-order valence-corrected chi connectivity index (χ0v) is 14.1. The third kappa shape index (κ3) is 3.32. The van der Waals surface area contributed by atoms with Gasteiger partial charge in [0, 0.05) is 30.8 Å². The van der Waals surface area contributed by atoms with Gasteiger partial charge in [-0.15, -0.1) is 0 Å². The normalized spacial score (nSPS) is 12.8. The number of rotatable bonds is 4. The number of hydrogen-bond donors (Lipinski definition) is 1. The first-order valence-electron chi connectivity index (χ1n) is 8.35. The Hall–Kier alpha value is -2.62. The Morgan fingerprint density at radius 1 is 1.12 bits per heavy atom. The van der Waals surface area contributed by atoms with Crippen LogP contribution in [-0.4, -0.2) is 18.4 Å². The van der Waals surface area contributed by atoms with Crippen molar-refractivity contribution in [1.29, 1.82) is 0 Å². The van der Waals surface area contributed by atoms with E-state index >= 15 is 0 Å². The molecule has 1 aliphatic heterocycles. The maximum absolute atomic E-state index is 12.8. The Labute approximate surface area is 142 Å². The van der Waals surface area contributed by atoms with E-state index in [1.807, 2.05) is 55.1 Å². The average Bonchev–Trinajstić information content (AvgIpc) is 3.02. The van der Waals surface area contributed by atoms with Crippen LogP contribution in [0.2, 0.25) is 0 Å². The highest BCUT2D eigenvalue weighted by Gasteiger charge is 2.25. The topological polar surface area (TPSA) is 49.4 Å². The second-order valence-corrected chi connectivity index (χ2v) is 6.17. The predicted octanol–water partition coefficient (Wildman–Crippen LogP) is 3.22. The fourth-order valence-corrected chi connectivity index (χ4v) is 2.92. The molecule has 4 heteroatoms. The number of nitrogens with zero attached hydrogens (tertiary/aromatic N) is 1. The number of fused-ring (bicyclic) bond motifs is 1. The van der Waals surface area contributed by atoms with E-state index in [1.165, 1.54) is 5.56 Å². The molecule has 0 aromatic heterocycles. The van der Waals surface area contributed by atoms with E-state index in [-0.39, 0.29) is 11.8 Å². The summed E-state index contributed by atoms with van der Waals surface area (Å²) in [5.41, 5.74) is 5.00. The first-order chi connectivity index (χ1) is 11.6. The molecule has 2 aromatic carbocycles. The van der Waals surface area contributed by atoms with Crippen LogP contribution in [0.1, 0.15) is 40.4 Å². The van der Waals surface area contributed by atoms with Gasteiger partial charge in [0.2, 0.25) is 5.91 Å². The van der Waals surface area contributed by atoms with Gasteiger partial charge in [0.05, 0.1) is 0 Å². The molecule has 0 saturated carbocycles. The first-order valence-corrected chi connectivity index (χ1v) is 8.35. The highest BCUT2D eigenvalue weighted by molar-refractivity contribution is 6.07. The third-order valence-corrected chi connectivity index (χ3v) is 4.40. The Bertz CT molecular complexity index is 766. The maximum atomic E-state index is 12.8. The number of carbonyl (C=O) groups excluding carboxylic acids is 2. The van der Waals surface area contributed by atoms with Crippen molar-refractivity contribution >= 4 is 17.5 Å². The number of hydrogen-bond acceptors (Lipinski definition) is 2. The Balaban J connectivity index is 1.81. The second kappa shape index (κ2) is 6.87. The van der Waals surface area contributed by atoms with Gasteiger partial charge in [0.1, 0.15) is 0 Å². The molecule has 2 amide bonds. The minimum Gasteiger partial charge on any atom is -0.352 e. The fourth-order valence-electron chi connectivity index (χ4n) is 2.92. The Morgan fingerprint density at radius 3 is 2.58 bits per heavy atom. The lowest BCUT2D eigenvalue weighted by molar-refractivity contribution is -0.120. The lowest BCUT2D eigenvalue weighted by Crippen LogP contribution is -2.29. The van der Waals surface area contributed by atoms with Gasteiger partial charge in [0.25, 0.3) is 5.91 Å². The molecule has 1 N–H and O–H groups in total. The predicted molar refractivity (Wildman–Crippen MR) is 95.1 cm³/mol. The van der Waals surface area contributed by atoms with E-state index in [2.05, 4.69) is 11.4 Å². The zero-order chi connectivity index (χ0) is 17.1. The molecule has 0 fully saturated rings. The van der Waals surface area contributed by atoms with Crippen LogP contribution in [0.15, 0.2) is 42.5 Å². The quantitative estimate of drug-likeness (QED) is 0.939. The monoisotopic (exact) mass is 322 g/mol. The van der Waals surface area contributed by atoms with E-state index < -0.39 is 0 Å². The lowest BCUT2D eigenvalue weighted by atomic mass is 10.1. The highest BCUT2D eigenvalue weighted by atomic mass is 16.2. The van der Waals surface area contributed by atoms with Crippen LogP contribution in [0, 0.1) is 6.92 Å². The molecule has 0 saturated heterocycles. The molecule has 124 valence electrons. The molecule has 3 rings (SSSR count). The van der Waals surface area contributed by atoms with Crippen LogP contribution in [0.25, 0.3) is 0 Å². The largest absolute Gasteiger partial charge is 0.352 e. The van der Waals surface area contributed by atoms with Crippen molar-refractivity contribution in [2.24, 2.45) is 0 Å². The molecule has 2 aromatic rings. The first kappa shape index (κ1) is 16.2. The molecule has 0 atom stereocenters. The summed E-state index contributed by atoms with van der Waals surface area (Å²) in [6, 6.07) is 13.8. The van der Waals surface area contributed by atoms with Gasteiger partial charge in [0.15, 0.2) is 0 Å². The smallest absolute Gasteiger partial charge is 0.258 e. The molecule has 24 heavy (non-hydrogen) atoms. The summed E-state index contributed by atoms with van der Waals surface area (Å²) in [4.78, 5) is 26.1. The van der Waals surface area contributed by atoms with Crippen LogP contribution < -0.4 is 10.2 Å². The second-order valence-electron chi connectivity index (χ2n) is 6.17. The van der Waals surface area contributed by atoms with Crippen molar-refractivity contribution in [3.05, 3.63) is 64.7 Å². The molecule has 0 aliphatic carbocycles. The van der Waals surface area contributed by atoms with E-state index in [0.29, 0.717) is 25.1 Å². The van der Waals surface area contributed by atoms with E-state index in [4.69, 9.17) is 0 Å². The van der Waals surface area contributed by atoms with Crippen molar-refractivity contribution < 1.29 is 9.59 Å². The molecule has 1 heterocycles. The van der Waals surface area contributed by atoms with Crippen LogP contribution in [-0.2, 0) is 17.8 Å². The molecular formula is C20H22N2O2. The van der Waals surface area contributed by atoms with E-state index in [1.54, 1.807) is 0 Å². The number of nitrogens with one attached hydrogen (secondary N) is 1. The number of benzene rings is 2. The van der Waals surface area contributed by atoms with Gasteiger partial charge >= 0.3 is 0 Å². The summed E-state index contributed by atoms with van der Waals surface area (Å²) in [6.07, 6.45) is 1.34. The maximum Gasteiger partial charge on any atom is 0.258 e. The van der Waals surface area contributed by atoms with Gasteiger partial charge in [-0.2, -0.15) is 0 Å². The summed E-state index contributed by atoms with van der Waals surface area (Å²) in [5, 5.41) is 2.88. The van der Waals surface area contributed by atoms with Crippen LogP contribution in [0.5, 0.6) is 0 Å². The van der Waals surface area contributed by atoms with E-state index in [0.717, 1.165) is 23.2 Å². The molecule has 1 aliphatic rings. The summed E-state index contributed by atoms with van der Waals surface area (Å²) >= 11 is 0. The van der Waals surface area contributed by atoms with Gasteiger partial charge in [-0.1, -0.05) is 36.8 Å². The van der Waals surface area contributed by atoms with Gasteiger partial charge in [-0.25, -0.2) is 0 Å². The zero-order valence-electron chi connectivity index (χ0n) is 14.1. The highest BCUT2D eigenvalue weighted by Crippen LogP contribution is 2.30. The number of anilines is 1. The average molecular weight is 322 g/mol. The van der Waals surface area contributed by atoms with Gasteiger partial charge in [-0.3, -0.25) is 9.59 Å². The van der Waals surface area contributed by atoms with Crippen molar-refractivity contribution in [1.82, 2.24) is 5.32 Å². The number of carbonyl (C=O) groups is 2. The van der Waals surface area contributed by atoms with Crippen molar-refractivity contribution in [3.8, 4) is 0 Å². The van der Waals surface area contributed by atoms with Gasteiger partial charge in [-0.05, 0) is 42.7 Å². The standard InChI is InChI=1S/C20H22N2O2/c1-3-19(23)21-13-15-6-9-16-10-11-22(18(16)12-15)20(24)17-7-4-14(2)5-8-17/h4-9,12H,3,10-11,13H2,1-2H3,(H,21,23). The van der Waals surface area contributed by atoms with Gasteiger partial charge < -0.3 is 10.2 Å². The summed E-state index contributed by atoms with van der Waals surface area (Å²) in [7, 11) is 0. The summed E-state index contributed by atoms with van der Waals surface area (Å²) < 4.78 is 0. The van der Waals surface area contributed by atoms with Crippen molar-refractivity contribution in [2.75, 3.05) is 11.4 Å². The fraction of sp³-hybridized carbons (Fsp3) is 0.300. The third-order valence-electron chi connectivity index (χ3n) is 4.40.